The van der Waals surface area contributed by atoms with Crippen LogP contribution in [-0.4, -0.2) is 35.9 Å². The number of ether oxygens (including phenoxy) is 1. The van der Waals surface area contributed by atoms with E-state index >= 15 is 0 Å². The molecule has 3 amide bonds. The Morgan fingerprint density at radius 1 is 0.944 bits per heavy atom. The van der Waals surface area contributed by atoms with Gasteiger partial charge in [0.05, 0.1) is 7.11 Å². The summed E-state index contributed by atoms with van der Waals surface area (Å²) in [4.78, 5) is 45.1. The highest BCUT2D eigenvalue weighted by atomic mass is 16.5. The summed E-state index contributed by atoms with van der Waals surface area (Å²) < 4.78 is 5.26. The van der Waals surface area contributed by atoms with Gasteiger partial charge in [-0.05, 0) is 62.7 Å². The van der Waals surface area contributed by atoms with Crippen LogP contribution in [0.15, 0.2) is 72.9 Å². The van der Waals surface area contributed by atoms with Crippen molar-refractivity contribution in [3.63, 3.8) is 0 Å². The molecule has 0 spiro atoms. The summed E-state index contributed by atoms with van der Waals surface area (Å²) in [5.41, 5.74) is 2.21. The molecule has 2 aromatic carbocycles. The molecular weight excluding hydrogens is 456 g/mol. The highest BCUT2D eigenvalue weighted by Gasteiger charge is 2.33. The molecule has 1 heterocycles. The number of carbonyl (C=O) groups excluding carboxylic acids is 3. The molecule has 3 rings (SSSR count). The van der Waals surface area contributed by atoms with Crippen molar-refractivity contribution < 1.29 is 19.1 Å². The van der Waals surface area contributed by atoms with Crippen molar-refractivity contribution in [1.82, 2.24) is 10.3 Å². The van der Waals surface area contributed by atoms with Crippen molar-refractivity contribution in [2.75, 3.05) is 17.3 Å². The van der Waals surface area contributed by atoms with Crippen molar-refractivity contribution in [2.24, 2.45) is 0 Å². The number of nitrogens with one attached hydrogen (secondary N) is 2. The van der Waals surface area contributed by atoms with E-state index in [2.05, 4.69) is 15.6 Å². The molecule has 36 heavy (non-hydrogen) atoms. The average Bonchev–Trinajstić information content (AvgIpc) is 2.87. The molecule has 1 atom stereocenters. The van der Waals surface area contributed by atoms with E-state index in [1.165, 1.54) is 4.90 Å². The largest absolute Gasteiger partial charge is 0.497 e. The molecule has 0 saturated heterocycles. The number of anilines is 2. The molecule has 3 aromatic rings. The first kappa shape index (κ1) is 26.4. The van der Waals surface area contributed by atoms with Crippen molar-refractivity contribution in [3.05, 3.63) is 84.1 Å². The lowest BCUT2D eigenvalue weighted by Gasteiger charge is -2.32. The van der Waals surface area contributed by atoms with E-state index < -0.39 is 6.04 Å². The molecule has 0 unspecified atom stereocenters. The maximum Gasteiger partial charge on any atom is 0.248 e. The van der Waals surface area contributed by atoms with E-state index in [4.69, 9.17) is 4.74 Å². The van der Waals surface area contributed by atoms with Crippen LogP contribution in [0.3, 0.4) is 0 Å². The number of aryl methyl sites for hydroxylation is 1. The van der Waals surface area contributed by atoms with Crippen molar-refractivity contribution in [1.29, 1.82) is 0 Å². The van der Waals surface area contributed by atoms with Crippen LogP contribution < -0.4 is 20.3 Å². The molecule has 188 valence electrons. The van der Waals surface area contributed by atoms with Crippen LogP contribution in [0.4, 0.5) is 11.5 Å². The molecule has 0 aliphatic rings. The fraction of sp³-hybridized carbons (Fsp3) is 0.286. The topological polar surface area (TPSA) is 101 Å². The number of rotatable bonds is 10. The Hall–Kier alpha value is -4.20. The number of carbonyl (C=O) groups is 3. The normalized spacial score (nSPS) is 11.5. The number of amides is 3. The fourth-order valence-electron chi connectivity index (χ4n) is 3.69. The number of nitrogens with zero attached hydrogens (tertiary/aromatic N) is 2. The van der Waals surface area contributed by atoms with Gasteiger partial charge in [0.2, 0.25) is 17.7 Å². The van der Waals surface area contributed by atoms with E-state index in [1.807, 2.05) is 32.9 Å². The number of pyridine rings is 1. The second-order valence-electron chi connectivity index (χ2n) is 8.70. The molecule has 0 radical (unpaired) electrons. The van der Waals surface area contributed by atoms with Gasteiger partial charge >= 0.3 is 0 Å². The summed E-state index contributed by atoms with van der Waals surface area (Å²) in [6, 6.07) is 18.5. The third-order valence-corrected chi connectivity index (χ3v) is 5.45. The van der Waals surface area contributed by atoms with Crippen LogP contribution in [0.25, 0.3) is 0 Å². The maximum absolute atomic E-state index is 13.6. The second kappa shape index (κ2) is 12.5. The van der Waals surface area contributed by atoms with E-state index in [9.17, 15) is 14.4 Å². The minimum Gasteiger partial charge on any atom is -0.497 e. The van der Waals surface area contributed by atoms with Crippen molar-refractivity contribution in [3.8, 4) is 5.75 Å². The highest BCUT2D eigenvalue weighted by molar-refractivity contribution is 6.03. The van der Waals surface area contributed by atoms with Gasteiger partial charge in [-0.15, -0.1) is 0 Å². The van der Waals surface area contributed by atoms with E-state index in [0.29, 0.717) is 22.8 Å². The quantitative estimate of drug-likeness (QED) is 0.440. The first-order chi connectivity index (χ1) is 17.3. The van der Waals surface area contributed by atoms with Gasteiger partial charge < -0.3 is 15.4 Å². The van der Waals surface area contributed by atoms with Gasteiger partial charge in [0.1, 0.15) is 17.6 Å². The van der Waals surface area contributed by atoms with Gasteiger partial charge in [0, 0.05) is 30.8 Å². The molecule has 0 bridgehead atoms. The predicted molar refractivity (Wildman–Crippen MR) is 140 cm³/mol. The number of methoxy groups -OCH3 is 1. The lowest BCUT2D eigenvalue weighted by Crippen LogP contribution is -2.46. The number of hydrogen-bond donors (Lipinski definition) is 2. The van der Waals surface area contributed by atoms with Gasteiger partial charge in [-0.25, -0.2) is 4.98 Å². The summed E-state index contributed by atoms with van der Waals surface area (Å²) in [6.45, 7) is 5.68. The Morgan fingerprint density at radius 3 is 2.22 bits per heavy atom. The summed E-state index contributed by atoms with van der Waals surface area (Å²) in [5, 5.41) is 5.62. The summed E-state index contributed by atoms with van der Waals surface area (Å²) in [6.07, 6.45) is 1.43. The van der Waals surface area contributed by atoms with Gasteiger partial charge in [0.25, 0.3) is 0 Å². The monoisotopic (exact) mass is 488 g/mol. The Labute approximate surface area is 211 Å². The standard InChI is InChI=1S/C28H32N4O4/c1-19(2)30-28(35)27(21-10-14-23(36-4)15-11-21)32(22-12-8-20(3)9-13-22)26(34)17-16-25(33)31-24-7-5-6-18-29-24/h5-15,18-19,27H,16-17H2,1-4H3,(H,30,35)(H,29,31,33)/t27-/m0/s1. The van der Waals surface area contributed by atoms with E-state index in [-0.39, 0.29) is 36.6 Å². The molecule has 1 aromatic heterocycles. The number of hydrogen-bond acceptors (Lipinski definition) is 5. The Morgan fingerprint density at radius 2 is 1.64 bits per heavy atom. The summed E-state index contributed by atoms with van der Waals surface area (Å²) in [5.74, 6) is 0.0502. The predicted octanol–water partition coefficient (Wildman–Crippen LogP) is 4.42. The lowest BCUT2D eigenvalue weighted by atomic mass is 10.0. The average molecular weight is 489 g/mol. The van der Waals surface area contributed by atoms with Crippen molar-refractivity contribution in [2.45, 2.75) is 45.7 Å². The molecule has 8 heteroatoms. The second-order valence-corrected chi connectivity index (χ2v) is 8.70. The molecular formula is C28H32N4O4. The third kappa shape index (κ3) is 7.15. The molecule has 2 N–H and O–H groups in total. The first-order valence-corrected chi connectivity index (χ1v) is 11.8. The van der Waals surface area contributed by atoms with Crippen LogP contribution in [0.1, 0.15) is 43.9 Å². The Balaban J connectivity index is 1.93. The zero-order chi connectivity index (χ0) is 26.1. The van der Waals surface area contributed by atoms with Gasteiger partial charge in [0.15, 0.2) is 0 Å². The fourth-order valence-corrected chi connectivity index (χ4v) is 3.69. The molecule has 0 aliphatic heterocycles. The molecule has 8 nitrogen and oxygen atoms in total. The minimum atomic E-state index is -0.938. The minimum absolute atomic E-state index is 0.0566. The Kier molecular flexibility index (Phi) is 9.16. The van der Waals surface area contributed by atoms with Crippen molar-refractivity contribution >= 4 is 29.2 Å². The lowest BCUT2D eigenvalue weighted by molar-refractivity contribution is -0.127. The van der Waals surface area contributed by atoms with Gasteiger partial charge in [-0.1, -0.05) is 35.9 Å². The number of benzene rings is 2. The first-order valence-electron chi connectivity index (χ1n) is 11.8. The van der Waals surface area contributed by atoms with E-state index in [0.717, 1.165) is 5.56 Å². The third-order valence-electron chi connectivity index (χ3n) is 5.45. The smallest absolute Gasteiger partial charge is 0.248 e. The van der Waals surface area contributed by atoms with Crippen LogP contribution in [-0.2, 0) is 14.4 Å². The summed E-state index contributed by atoms with van der Waals surface area (Å²) in [7, 11) is 1.57. The SMILES string of the molecule is COc1ccc([C@@H](C(=O)NC(C)C)N(C(=O)CCC(=O)Nc2ccccn2)c2ccc(C)cc2)cc1. The number of aromatic nitrogens is 1. The highest BCUT2D eigenvalue weighted by Crippen LogP contribution is 2.30. The van der Waals surface area contributed by atoms with E-state index in [1.54, 1.807) is 67.9 Å². The van der Waals surface area contributed by atoms with Crippen LogP contribution in [0, 0.1) is 6.92 Å². The molecule has 0 fully saturated rings. The van der Waals surface area contributed by atoms with Gasteiger partial charge in [-0.2, -0.15) is 0 Å². The zero-order valence-corrected chi connectivity index (χ0v) is 21.0. The van der Waals surface area contributed by atoms with Crippen LogP contribution >= 0.6 is 0 Å². The molecule has 0 saturated carbocycles. The van der Waals surface area contributed by atoms with Gasteiger partial charge in [-0.3, -0.25) is 19.3 Å². The van der Waals surface area contributed by atoms with Crippen LogP contribution in [0.5, 0.6) is 5.75 Å². The molecule has 0 aliphatic carbocycles. The maximum atomic E-state index is 13.6. The van der Waals surface area contributed by atoms with Crippen LogP contribution in [0.2, 0.25) is 0 Å². The zero-order valence-electron chi connectivity index (χ0n) is 21.0. The summed E-state index contributed by atoms with van der Waals surface area (Å²) >= 11 is 0. The Bertz CT molecular complexity index is 1160.